The summed E-state index contributed by atoms with van der Waals surface area (Å²) in [6.07, 6.45) is 11.2. The standard InChI is InChI=1S/C27H29FN10/c1-27(29-2,21-4-6-23(28)7-5-21)22-14-30-26(31-15-22)37-10-8-36(9-11-37)25-24-12-19(17-38(24)34-18-32-25)20-13-33-35(3)16-20/h4-7,12-18,29H,8-11H2,1-3H3/t27-/m0/s1. The van der Waals surface area contributed by atoms with Crippen LogP contribution in [-0.4, -0.2) is 67.6 Å². The van der Waals surface area contributed by atoms with Gasteiger partial charge < -0.3 is 15.1 Å². The lowest BCUT2D eigenvalue weighted by Crippen LogP contribution is -2.47. The van der Waals surface area contributed by atoms with Crippen LogP contribution in [-0.2, 0) is 12.6 Å². The van der Waals surface area contributed by atoms with Crippen molar-refractivity contribution in [1.29, 1.82) is 0 Å². The van der Waals surface area contributed by atoms with Crippen LogP contribution >= 0.6 is 0 Å². The summed E-state index contributed by atoms with van der Waals surface area (Å²) in [6, 6.07) is 8.62. The first-order chi connectivity index (χ1) is 18.4. The molecule has 6 rings (SSSR count). The lowest BCUT2D eigenvalue weighted by Gasteiger charge is -2.36. The minimum absolute atomic E-state index is 0.258. The van der Waals surface area contributed by atoms with Crippen LogP contribution in [0.5, 0.6) is 0 Å². The van der Waals surface area contributed by atoms with Crippen molar-refractivity contribution in [3.05, 3.63) is 84.6 Å². The molecule has 0 bridgehead atoms. The lowest BCUT2D eigenvalue weighted by molar-refractivity contribution is 0.479. The molecule has 194 valence electrons. The highest BCUT2D eigenvalue weighted by atomic mass is 19.1. The maximum absolute atomic E-state index is 13.5. The van der Waals surface area contributed by atoms with Crippen molar-refractivity contribution in [3.63, 3.8) is 0 Å². The zero-order valence-electron chi connectivity index (χ0n) is 21.6. The van der Waals surface area contributed by atoms with Crippen LogP contribution in [0.15, 0.2) is 67.6 Å². The molecule has 0 amide bonds. The predicted octanol–water partition coefficient (Wildman–Crippen LogP) is 2.87. The van der Waals surface area contributed by atoms with Crippen LogP contribution in [0.2, 0.25) is 0 Å². The number of nitrogens with one attached hydrogen (secondary N) is 1. The third-order valence-corrected chi connectivity index (χ3v) is 7.42. The fourth-order valence-corrected chi connectivity index (χ4v) is 4.99. The van der Waals surface area contributed by atoms with Crippen LogP contribution in [0.3, 0.4) is 0 Å². The van der Waals surface area contributed by atoms with Crippen molar-refractivity contribution in [2.45, 2.75) is 12.5 Å². The fraction of sp³-hybridized carbons (Fsp3) is 0.296. The number of rotatable bonds is 6. The monoisotopic (exact) mass is 512 g/mol. The Labute approximate surface area is 219 Å². The second-order valence-electron chi connectivity index (χ2n) is 9.67. The molecule has 5 aromatic rings. The molecule has 1 saturated heterocycles. The van der Waals surface area contributed by atoms with E-state index in [9.17, 15) is 4.39 Å². The van der Waals surface area contributed by atoms with Crippen molar-refractivity contribution in [2.75, 3.05) is 43.0 Å². The highest BCUT2D eigenvalue weighted by molar-refractivity contribution is 5.77. The molecule has 1 atom stereocenters. The summed E-state index contributed by atoms with van der Waals surface area (Å²) < 4.78 is 17.1. The van der Waals surface area contributed by atoms with E-state index in [0.717, 1.165) is 59.8 Å². The highest BCUT2D eigenvalue weighted by Gasteiger charge is 2.29. The molecule has 1 N–H and O–H groups in total. The average molecular weight is 513 g/mol. The van der Waals surface area contributed by atoms with E-state index >= 15 is 0 Å². The summed E-state index contributed by atoms with van der Waals surface area (Å²) in [5.74, 6) is 1.35. The second-order valence-corrected chi connectivity index (χ2v) is 9.67. The topological polar surface area (TPSA) is 92.3 Å². The van der Waals surface area contributed by atoms with Gasteiger partial charge in [-0.05, 0) is 37.7 Å². The molecule has 1 aliphatic rings. The van der Waals surface area contributed by atoms with Crippen molar-refractivity contribution in [1.82, 2.24) is 39.7 Å². The van der Waals surface area contributed by atoms with Gasteiger partial charge in [0.05, 0.1) is 11.7 Å². The Hall–Kier alpha value is -4.38. The van der Waals surface area contributed by atoms with Gasteiger partial charge in [0, 0.05) is 74.7 Å². The number of halogens is 1. The minimum atomic E-state index is -0.533. The Morgan fingerprint density at radius 1 is 0.842 bits per heavy atom. The molecule has 0 unspecified atom stereocenters. The molecule has 1 aliphatic heterocycles. The number of nitrogens with zero attached hydrogens (tertiary/aromatic N) is 9. The summed E-state index contributed by atoms with van der Waals surface area (Å²) in [5.41, 5.74) is 4.39. The molecule has 4 aromatic heterocycles. The quantitative estimate of drug-likeness (QED) is 0.371. The van der Waals surface area contributed by atoms with E-state index in [1.807, 2.05) is 56.5 Å². The Morgan fingerprint density at radius 3 is 2.21 bits per heavy atom. The highest BCUT2D eigenvalue weighted by Crippen LogP contribution is 2.30. The zero-order valence-corrected chi connectivity index (χ0v) is 21.6. The van der Waals surface area contributed by atoms with Crippen LogP contribution < -0.4 is 15.1 Å². The number of piperazine rings is 1. The first-order valence-electron chi connectivity index (χ1n) is 12.5. The van der Waals surface area contributed by atoms with Gasteiger partial charge in [0.15, 0.2) is 5.82 Å². The van der Waals surface area contributed by atoms with E-state index in [-0.39, 0.29) is 5.82 Å². The molecule has 0 radical (unpaired) electrons. The Balaban J connectivity index is 1.17. The van der Waals surface area contributed by atoms with E-state index in [1.165, 1.54) is 12.1 Å². The van der Waals surface area contributed by atoms with Gasteiger partial charge in [0.25, 0.3) is 0 Å². The third kappa shape index (κ3) is 4.24. The first kappa shape index (κ1) is 24.0. The summed E-state index contributed by atoms with van der Waals surface area (Å²) in [6.45, 7) is 5.16. The summed E-state index contributed by atoms with van der Waals surface area (Å²) in [7, 11) is 3.79. The van der Waals surface area contributed by atoms with Crippen molar-refractivity contribution >= 4 is 17.3 Å². The van der Waals surface area contributed by atoms with Gasteiger partial charge in [-0.15, -0.1) is 0 Å². The van der Waals surface area contributed by atoms with Crippen LogP contribution in [0.4, 0.5) is 16.2 Å². The SMILES string of the molecule is CN[C@@](C)(c1ccc(F)cc1)c1cnc(N2CCN(c3ncnn4cc(-c5cnn(C)c5)cc34)CC2)nc1. The molecule has 1 aromatic carbocycles. The number of aromatic nitrogens is 7. The molecular weight excluding hydrogens is 483 g/mol. The van der Waals surface area contributed by atoms with E-state index < -0.39 is 5.54 Å². The molecular formula is C27H29FN10. The maximum atomic E-state index is 13.5. The van der Waals surface area contributed by atoms with Crippen molar-refractivity contribution < 1.29 is 4.39 Å². The summed E-state index contributed by atoms with van der Waals surface area (Å²) >= 11 is 0. The van der Waals surface area contributed by atoms with Gasteiger partial charge in [-0.2, -0.15) is 10.2 Å². The summed E-state index contributed by atoms with van der Waals surface area (Å²) in [5, 5.41) is 12.0. The van der Waals surface area contributed by atoms with Gasteiger partial charge in [-0.3, -0.25) is 4.68 Å². The van der Waals surface area contributed by atoms with Crippen LogP contribution in [0, 0.1) is 5.82 Å². The normalized spacial score (nSPS) is 15.7. The molecule has 11 heteroatoms. The molecule has 0 saturated carbocycles. The van der Waals surface area contributed by atoms with Gasteiger partial charge in [-0.25, -0.2) is 23.9 Å². The van der Waals surface area contributed by atoms with Gasteiger partial charge in [0.1, 0.15) is 17.7 Å². The Bertz CT molecular complexity index is 1550. The second kappa shape index (κ2) is 9.49. The van der Waals surface area contributed by atoms with E-state index in [2.05, 4.69) is 36.4 Å². The average Bonchev–Trinajstić information content (AvgIpc) is 3.59. The number of fused-ring (bicyclic) bond motifs is 1. The Morgan fingerprint density at radius 2 is 1.55 bits per heavy atom. The van der Waals surface area contributed by atoms with Crippen LogP contribution in [0.25, 0.3) is 16.6 Å². The molecule has 1 fully saturated rings. The van der Waals surface area contributed by atoms with Crippen molar-refractivity contribution in [3.8, 4) is 11.1 Å². The van der Waals surface area contributed by atoms with Crippen molar-refractivity contribution in [2.24, 2.45) is 7.05 Å². The predicted molar refractivity (Wildman–Crippen MR) is 144 cm³/mol. The fourth-order valence-electron chi connectivity index (χ4n) is 4.99. The summed E-state index contributed by atoms with van der Waals surface area (Å²) in [4.78, 5) is 18.5. The first-order valence-corrected chi connectivity index (χ1v) is 12.5. The number of hydrogen-bond donors (Lipinski definition) is 1. The van der Waals surface area contributed by atoms with Crippen LogP contribution in [0.1, 0.15) is 18.1 Å². The maximum Gasteiger partial charge on any atom is 0.225 e. The van der Waals surface area contributed by atoms with Gasteiger partial charge >= 0.3 is 0 Å². The Kier molecular flexibility index (Phi) is 5.99. The van der Waals surface area contributed by atoms with E-state index in [0.29, 0.717) is 5.95 Å². The smallest absolute Gasteiger partial charge is 0.225 e. The van der Waals surface area contributed by atoms with Gasteiger partial charge in [-0.1, -0.05) is 12.1 Å². The number of aryl methyl sites for hydroxylation is 1. The molecule has 0 aliphatic carbocycles. The minimum Gasteiger partial charge on any atom is -0.351 e. The van der Waals surface area contributed by atoms with E-state index in [1.54, 1.807) is 23.1 Å². The third-order valence-electron chi connectivity index (χ3n) is 7.42. The lowest BCUT2D eigenvalue weighted by atomic mass is 9.86. The number of benzene rings is 1. The number of anilines is 2. The molecule has 38 heavy (non-hydrogen) atoms. The molecule has 5 heterocycles. The van der Waals surface area contributed by atoms with E-state index in [4.69, 9.17) is 9.97 Å². The molecule has 0 spiro atoms. The number of hydrogen-bond acceptors (Lipinski definition) is 8. The molecule has 10 nitrogen and oxygen atoms in total. The largest absolute Gasteiger partial charge is 0.351 e. The zero-order chi connectivity index (χ0) is 26.3. The van der Waals surface area contributed by atoms with Gasteiger partial charge in [0.2, 0.25) is 5.95 Å².